The van der Waals surface area contributed by atoms with Gasteiger partial charge < -0.3 is 19.6 Å². The van der Waals surface area contributed by atoms with Gasteiger partial charge in [0.1, 0.15) is 23.9 Å². The molecule has 7 heteroatoms. The predicted octanol–water partition coefficient (Wildman–Crippen LogP) is 5.45. The molecule has 0 amide bonds. The number of hydrogen-bond donors (Lipinski definition) is 1. The first-order valence-electron chi connectivity index (χ1n) is 12.7. The van der Waals surface area contributed by atoms with Gasteiger partial charge in [-0.25, -0.2) is 9.97 Å². The Kier molecular flexibility index (Phi) is 7.73. The third-order valence-electron chi connectivity index (χ3n) is 6.81. The van der Waals surface area contributed by atoms with Crippen LogP contribution < -0.4 is 14.5 Å². The number of anilines is 2. The average molecular weight is 477 g/mol. The number of carbonyl (C=O) groups is 1. The highest BCUT2D eigenvalue weighted by Gasteiger charge is 2.30. The molecule has 186 valence electrons. The van der Waals surface area contributed by atoms with Crippen LogP contribution >= 0.6 is 0 Å². The molecule has 2 aromatic carbocycles. The Morgan fingerprint density at radius 1 is 1.06 bits per heavy atom. The number of methoxy groups -OCH3 is 1. The van der Waals surface area contributed by atoms with Gasteiger partial charge >= 0.3 is 5.97 Å². The lowest BCUT2D eigenvalue weighted by molar-refractivity contribution is -0.135. The minimum atomic E-state index is -0.850. The van der Waals surface area contributed by atoms with Gasteiger partial charge in [-0.2, -0.15) is 0 Å². The quantitative estimate of drug-likeness (QED) is 0.486. The molecule has 1 aromatic heterocycles. The van der Waals surface area contributed by atoms with Gasteiger partial charge in [-0.1, -0.05) is 32.0 Å². The molecule has 3 aromatic rings. The summed E-state index contributed by atoms with van der Waals surface area (Å²) in [6.07, 6.45) is 4.37. The number of para-hydroxylation sites is 1. The number of carboxylic acids is 1. The third-order valence-corrected chi connectivity index (χ3v) is 6.81. The fourth-order valence-corrected chi connectivity index (χ4v) is 4.82. The summed E-state index contributed by atoms with van der Waals surface area (Å²) in [5, 5.41) is 10.2. The van der Waals surface area contributed by atoms with E-state index in [0.717, 1.165) is 72.8 Å². The first-order chi connectivity index (χ1) is 17.0. The zero-order valence-corrected chi connectivity index (χ0v) is 21.2. The van der Waals surface area contributed by atoms with Crippen LogP contribution in [0.3, 0.4) is 0 Å². The molecule has 7 nitrogen and oxygen atoms in total. The van der Waals surface area contributed by atoms with Gasteiger partial charge in [0.25, 0.3) is 0 Å². The number of nitrogens with zero attached hydrogens (tertiary/aromatic N) is 4. The maximum absolute atomic E-state index is 11.2. The van der Waals surface area contributed by atoms with Crippen molar-refractivity contribution in [2.45, 2.75) is 51.4 Å². The summed E-state index contributed by atoms with van der Waals surface area (Å²) in [6, 6.07) is 14.3. The van der Waals surface area contributed by atoms with Crippen LogP contribution in [0.4, 0.5) is 11.5 Å². The van der Waals surface area contributed by atoms with E-state index in [9.17, 15) is 9.90 Å². The van der Waals surface area contributed by atoms with Crippen molar-refractivity contribution >= 4 is 28.4 Å². The zero-order chi connectivity index (χ0) is 24.9. The van der Waals surface area contributed by atoms with E-state index >= 15 is 0 Å². The van der Waals surface area contributed by atoms with Crippen molar-refractivity contribution in [3.8, 4) is 5.75 Å². The van der Waals surface area contributed by atoms with E-state index in [1.165, 1.54) is 5.56 Å². The Morgan fingerprint density at radius 3 is 2.43 bits per heavy atom. The Balaban J connectivity index is 0.00000141. The third kappa shape index (κ3) is 5.50. The molecule has 0 bridgehead atoms. The van der Waals surface area contributed by atoms with Crippen LogP contribution in [0.25, 0.3) is 10.9 Å². The highest BCUT2D eigenvalue weighted by Crippen LogP contribution is 2.41. The molecule has 1 aliphatic carbocycles. The lowest BCUT2D eigenvalue weighted by Gasteiger charge is -2.34. The van der Waals surface area contributed by atoms with Crippen molar-refractivity contribution in [1.29, 1.82) is 0 Å². The summed E-state index contributed by atoms with van der Waals surface area (Å²) in [4.78, 5) is 25.2. The minimum absolute atomic E-state index is 0.0494. The lowest BCUT2D eigenvalue weighted by atomic mass is 9.88. The van der Waals surface area contributed by atoms with E-state index in [1.807, 2.05) is 44.2 Å². The standard InChI is InChI=1S/C26H30N4O3.C2H6/c1-29(16-24(31)32)19-9-10-22-21(15-19)26(28-25(27-22)18-7-8-18)30-13-11-17(12-14-30)20-5-3-4-6-23(20)33-2;1-2/h3-6,9-10,15,17-18H,7-8,11-14,16H2,1-2H3,(H,31,32);1-2H3. The van der Waals surface area contributed by atoms with Crippen molar-refractivity contribution in [2.75, 3.05) is 43.6 Å². The van der Waals surface area contributed by atoms with Crippen LogP contribution in [0.5, 0.6) is 5.75 Å². The van der Waals surface area contributed by atoms with Crippen LogP contribution in [-0.4, -0.2) is 54.8 Å². The number of benzene rings is 2. The van der Waals surface area contributed by atoms with Crippen LogP contribution in [0.2, 0.25) is 0 Å². The smallest absolute Gasteiger partial charge is 0.323 e. The van der Waals surface area contributed by atoms with Gasteiger partial charge in [0.2, 0.25) is 0 Å². The second kappa shape index (κ2) is 10.9. The highest BCUT2D eigenvalue weighted by molar-refractivity contribution is 5.92. The minimum Gasteiger partial charge on any atom is -0.496 e. The molecule has 0 spiro atoms. The van der Waals surface area contributed by atoms with E-state index in [2.05, 4.69) is 17.0 Å². The van der Waals surface area contributed by atoms with Gasteiger partial charge in [0.05, 0.1) is 12.6 Å². The maximum Gasteiger partial charge on any atom is 0.323 e. The van der Waals surface area contributed by atoms with Crippen LogP contribution in [0, 0.1) is 0 Å². The molecule has 1 saturated heterocycles. The Morgan fingerprint density at radius 2 is 1.77 bits per heavy atom. The zero-order valence-electron chi connectivity index (χ0n) is 21.2. The molecule has 0 unspecified atom stereocenters. The van der Waals surface area contributed by atoms with E-state index < -0.39 is 5.97 Å². The molecule has 5 rings (SSSR count). The SMILES string of the molecule is CC.COc1ccccc1C1CCN(c2nc(C3CC3)nc3ccc(N(C)CC(=O)O)cc23)CC1. The summed E-state index contributed by atoms with van der Waals surface area (Å²) in [5.74, 6) is 2.96. The largest absolute Gasteiger partial charge is 0.496 e. The summed E-state index contributed by atoms with van der Waals surface area (Å²) in [7, 11) is 3.53. The summed E-state index contributed by atoms with van der Waals surface area (Å²) in [5.41, 5.74) is 3.07. The Hall–Kier alpha value is -3.35. The van der Waals surface area contributed by atoms with E-state index in [1.54, 1.807) is 19.1 Å². The molecule has 1 N–H and O–H groups in total. The molecule has 2 heterocycles. The second-order valence-corrected chi connectivity index (χ2v) is 9.13. The number of carboxylic acid groups (broad SMARTS) is 1. The van der Waals surface area contributed by atoms with E-state index in [4.69, 9.17) is 14.7 Å². The van der Waals surface area contributed by atoms with Crippen molar-refractivity contribution < 1.29 is 14.6 Å². The maximum atomic E-state index is 11.2. The van der Waals surface area contributed by atoms with Crippen LogP contribution in [0.1, 0.15) is 62.8 Å². The monoisotopic (exact) mass is 476 g/mol. The molecule has 0 radical (unpaired) electrons. The lowest BCUT2D eigenvalue weighted by Crippen LogP contribution is -2.34. The van der Waals surface area contributed by atoms with Gasteiger partial charge in [0, 0.05) is 37.1 Å². The molecule has 2 fully saturated rings. The second-order valence-electron chi connectivity index (χ2n) is 9.13. The number of ether oxygens (including phenoxy) is 1. The number of hydrogen-bond acceptors (Lipinski definition) is 6. The van der Waals surface area contributed by atoms with Crippen molar-refractivity contribution in [2.24, 2.45) is 0 Å². The Bertz CT molecular complexity index is 1170. The van der Waals surface area contributed by atoms with Gasteiger partial charge in [-0.05, 0) is 61.4 Å². The summed E-state index contributed by atoms with van der Waals surface area (Å²) >= 11 is 0. The summed E-state index contributed by atoms with van der Waals surface area (Å²) < 4.78 is 5.60. The van der Waals surface area contributed by atoms with Crippen molar-refractivity contribution in [3.05, 3.63) is 53.9 Å². The van der Waals surface area contributed by atoms with Gasteiger partial charge in [-0.3, -0.25) is 4.79 Å². The number of rotatable bonds is 7. The molecule has 2 aliphatic rings. The molecular formula is C28H36N4O3. The fourth-order valence-electron chi connectivity index (χ4n) is 4.82. The van der Waals surface area contributed by atoms with Crippen molar-refractivity contribution in [3.63, 3.8) is 0 Å². The first kappa shape index (κ1) is 24.8. The predicted molar refractivity (Wildman–Crippen MR) is 141 cm³/mol. The number of piperidine rings is 1. The number of aliphatic carboxylic acids is 1. The normalized spacial score (nSPS) is 15.9. The van der Waals surface area contributed by atoms with E-state index in [-0.39, 0.29) is 6.54 Å². The van der Waals surface area contributed by atoms with E-state index in [0.29, 0.717) is 11.8 Å². The molecule has 1 saturated carbocycles. The first-order valence-corrected chi connectivity index (χ1v) is 12.7. The topological polar surface area (TPSA) is 78.8 Å². The summed E-state index contributed by atoms with van der Waals surface area (Å²) in [6.45, 7) is 5.77. The number of likely N-dealkylation sites (N-methyl/N-ethyl adjacent to an activating group) is 1. The molecule has 35 heavy (non-hydrogen) atoms. The fraction of sp³-hybridized carbons (Fsp3) is 0.464. The van der Waals surface area contributed by atoms with Gasteiger partial charge in [-0.15, -0.1) is 0 Å². The highest BCUT2D eigenvalue weighted by atomic mass is 16.5. The van der Waals surface area contributed by atoms with Gasteiger partial charge in [0.15, 0.2) is 0 Å². The van der Waals surface area contributed by atoms with Crippen molar-refractivity contribution in [1.82, 2.24) is 9.97 Å². The number of aromatic nitrogens is 2. The number of fused-ring (bicyclic) bond motifs is 1. The molecule has 0 atom stereocenters. The van der Waals surface area contributed by atoms with Crippen LogP contribution in [-0.2, 0) is 4.79 Å². The average Bonchev–Trinajstić information content (AvgIpc) is 3.74. The molecular weight excluding hydrogens is 440 g/mol. The molecule has 1 aliphatic heterocycles. The Labute approximate surface area is 207 Å². The van der Waals surface area contributed by atoms with Crippen LogP contribution in [0.15, 0.2) is 42.5 Å².